The molecule has 0 amide bonds. The Labute approximate surface area is 99.3 Å². The number of pyridine rings is 1. The van der Waals surface area contributed by atoms with Gasteiger partial charge < -0.3 is 9.52 Å². The van der Waals surface area contributed by atoms with Crippen molar-refractivity contribution in [2.24, 2.45) is 0 Å². The third kappa shape index (κ3) is 1.32. The van der Waals surface area contributed by atoms with Crippen LogP contribution in [0.4, 0.5) is 0 Å². The number of furan rings is 1. The molecule has 0 aliphatic heterocycles. The molecular weight excluding hydrogens is 272 g/mol. The molecule has 0 aliphatic rings. The van der Waals surface area contributed by atoms with E-state index in [1.807, 2.05) is 6.07 Å². The maximum atomic E-state index is 9.47. The van der Waals surface area contributed by atoms with Crippen LogP contribution >= 0.6 is 15.9 Å². The Morgan fingerprint density at radius 3 is 2.94 bits per heavy atom. The van der Waals surface area contributed by atoms with Crippen LogP contribution in [0.25, 0.3) is 17.1 Å². The average Bonchev–Trinajstić information content (AvgIpc) is 2.86. The van der Waals surface area contributed by atoms with E-state index in [2.05, 4.69) is 20.9 Å². The van der Waals surface area contributed by atoms with Crippen LogP contribution in [0.5, 0.6) is 5.75 Å². The number of hydrogen-bond acceptors (Lipinski definition) is 3. The lowest BCUT2D eigenvalue weighted by Gasteiger charge is -1.98. The number of aromatic hydroxyl groups is 1. The fourth-order valence-corrected chi connectivity index (χ4v) is 2.11. The lowest BCUT2D eigenvalue weighted by Crippen LogP contribution is -1.86. The van der Waals surface area contributed by atoms with Gasteiger partial charge in [0.15, 0.2) is 11.6 Å². The highest BCUT2D eigenvalue weighted by atomic mass is 79.9. The molecule has 0 aliphatic carbocycles. The van der Waals surface area contributed by atoms with E-state index in [0.717, 1.165) is 10.1 Å². The van der Waals surface area contributed by atoms with Crippen molar-refractivity contribution in [1.82, 2.24) is 9.38 Å². The summed E-state index contributed by atoms with van der Waals surface area (Å²) < 4.78 is 7.79. The third-order valence-electron chi connectivity index (χ3n) is 2.32. The van der Waals surface area contributed by atoms with Crippen molar-refractivity contribution in [2.75, 3.05) is 0 Å². The summed E-state index contributed by atoms with van der Waals surface area (Å²) in [6.45, 7) is 0. The van der Waals surface area contributed by atoms with Crippen molar-refractivity contribution in [3.05, 3.63) is 41.3 Å². The maximum Gasteiger partial charge on any atom is 0.182 e. The van der Waals surface area contributed by atoms with Gasteiger partial charge in [-0.3, -0.25) is 4.40 Å². The lowest BCUT2D eigenvalue weighted by atomic mass is 10.4. The number of halogens is 1. The van der Waals surface area contributed by atoms with E-state index in [9.17, 15) is 5.11 Å². The van der Waals surface area contributed by atoms with Crippen LogP contribution in [0, 0.1) is 0 Å². The van der Waals surface area contributed by atoms with Crippen LogP contribution < -0.4 is 0 Å². The summed E-state index contributed by atoms with van der Waals surface area (Å²) in [6.07, 6.45) is 3.19. The SMILES string of the molecule is Oc1ccc2c(Br)nc(-c3ccco3)n2c1. The van der Waals surface area contributed by atoms with E-state index < -0.39 is 0 Å². The number of aromatic nitrogens is 2. The summed E-state index contributed by atoms with van der Waals surface area (Å²) in [7, 11) is 0. The van der Waals surface area contributed by atoms with Crippen LogP contribution in [0.3, 0.4) is 0 Å². The second kappa shape index (κ2) is 3.38. The Balaban J connectivity index is 2.37. The Morgan fingerprint density at radius 1 is 1.31 bits per heavy atom. The third-order valence-corrected chi connectivity index (χ3v) is 2.90. The number of imidazole rings is 1. The molecule has 3 aromatic rings. The van der Waals surface area contributed by atoms with Crippen molar-refractivity contribution >= 4 is 21.4 Å². The average molecular weight is 279 g/mol. The van der Waals surface area contributed by atoms with E-state index in [4.69, 9.17) is 4.42 Å². The van der Waals surface area contributed by atoms with Gasteiger partial charge in [-0.2, -0.15) is 0 Å². The largest absolute Gasteiger partial charge is 0.506 e. The zero-order valence-corrected chi connectivity index (χ0v) is 9.68. The van der Waals surface area contributed by atoms with E-state index in [1.54, 1.807) is 35.1 Å². The topological polar surface area (TPSA) is 50.7 Å². The molecular formula is C11H7BrN2O2. The van der Waals surface area contributed by atoms with Crippen LogP contribution in [0.15, 0.2) is 45.7 Å². The minimum Gasteiger partial charge on any atom is -0.506 e. The van der Waals surface area contributed by atoms with Gasteiger partial charge in [0.05, 0.1) is 18.0 Å². The molecule has 3 aromatic heterocycles. The molecule has 0 unspecified atom stereocenters. The molecule has 3 heterocycles. The van der Waals surface area contributed by atoms with Gasteiger partial charge in [0.2, 0.25) is 0 Å². The summed E-state index contributed by atoms with van der Waals surface area (Å²) in [4.78, 5) is 4.35. The number of rotatable bonds is 1. The van der Waals surface area contributed by atoms with Crippen molar-refractivity contribution in [2.45, 2.75) is 0 Å². The zero-order chi connectivity index (χ0) is 11.1. The van der Waals surface area contributed by atoms with E-state index in [0.29, 0.717) is 11.6 Å². The standard InChI is InChI=1S/C11H7BrN2O2/c12-10-8-4-3-7(15)6-14(8)11(13-10)9-2-1-5-16-9/h1-6,15H. The first-order valence-corrected chi connectivity index (χ1v) is 5.45. The molecule has 0 saturated heterocycles. The van der Waals surface area contributed by atoms with Crippen LogP contribution in [0.1, 0.15) is 0 Å². The number of fused-ring (bicyclic) bond motifs is 1. The quantitative estimate of drug-likeness (QED) is 0.744. The van der Waals surface area contributed by atoms with Gasteiger partial charge in [-0.1, -0.05) is 0 Å². The molecule has 0 aromatic carbocycles. The molecule has 1 N–H and O–H groups in total. The summed E-state index contributed by atoms with van der Waals surface area (Å²) in [5.74, 6) is 1.50. The smallest absolute Gasteiger partial charge is 0.182 e. The van der Waals surface area contributed by atoms with Crippen molar-refractivity contribution < 1.29 is 9.52 Å². The molecule has 0 spiro atoms. The highest BCUT2D eigenvalue weighted by molar-refractivity contribution is 9.10. The van der Waals surface area contributed by atoms with Crippen molar-refractivity contribution in [3.8, 4) is 17.3 Å². The zero-order valence-electron chi connectivity index (χ0n) is 8.09. The molecule has 0 atom stereocenters. The molecule has 0 radical (unpaired) electrons. The minimum atomic E-state index is 0.185. The van der Waals surface area contributed by atoms with E-state index in [-0.39, 0.29) is 5.75 Å². The Hall–Kier alpha value is -1.75. The normalized spacial score (nSPS) is 11.1. The van der Waals surface area contributed by atoms with Gasteiger partial charge in [0, 0.05) is 0 Å². The van der Waals surface area contributed by atoms with Gasteiger partial charge in [-0.15, -0.1) is 0 Å². The monoisotopic (exact) mass is 278 g/mol. The van der Waals surface area contributed by atoms with Gasteiger partial charge in [0.1, 0.15) is 10.4 Å². The molecule has 5 heteroatoms. The van der Waals surface area contributed by atoms with Gasteiger partial charge in [-0.05, 0) is 40.2 Å². The van der Waals surface area contributed by atoms with Crippen LogP contribution in [-0.4, -0.2) is 14.5 Å². The van der Waals surface area contributed by atoms with E-state index >= 15 is 0 Å². The molecule has 80 valence electrons. The second-order valence-corrected chi connectivity index (χ2v) is 4.10. The van der Waals surface area contributed by atoms with Crippen LogP contribution in [0.2, 0.25) is 0 Å². The summed E-state index contributed by atoms with van der Waals surface area (Å²) >= 11 is 3.37. The summed E-state index contributed by atoms with van der Waals surface area (Å²) in [5, 5.41) is 9.47. The molecule has 3 rings (SSSR count). The Kier molecular flexibility index (Phi) is 2.00. The molecule has 0 saturated carbocycles. The first-order valence-electron chi connectivity index (χ1n) is 4.66. The Morgan fingerprint density at radius 2 is 2.19 bits per heavy atom. The predicted octanol–water partition coefficient (Wildman–Crippen LogP) is 3.06. The van der Waals surface area contributed by atoms with Crippen LogP contribution in [-0.2, 0) is 0 Å². The molecule has 0 fully saturated rings. The lowest BCUT2D eigenvalue weighted by molar-refractivity contribution is 0.472. The fraction of sp³-hybridized carbons (Fsp3) is 0. The number of hydrogen-bond donors (Lipinski definition) is 1. The fourth-order valence-electron chi connectivity index (χ4n) is 1.62. The highest BCUT2D eigenvalue weighted by Gasteiger charge is 2.12. The first kappa shape index (κ1) is 9.47. The number of nitrogens with zero attached hydrogens (tertiary/aromatic N) is 2. The minimum absolute atomic E-state index is 0.185. The van der Waals surface area contributed by atoms with Crippen molar-refractivity contribution in [1.29, 1.82) is 0 Å². The molecule has 4 nitrogen and oxygen atoms in total. The maximum absolute atomic E-state index is 9.47. The molecule has 0 bridgehead atoms. The van der Waals surface area contributed by atoms with Gasteiger partial charge in [0.25, 0.3) is 0 Å². The summed E-state index contributed by atoms with van der Waals surface area (Å²) in [5.41, 5.74) is 0.879. The molecule has 16 heavy (non-hydrogen) atoms. The second-order valence-electron chi connectivity index (χ2n) is 3.35. The predicted molar refractivity (Wildman–Crippen MR) is 62.3 cm³/mol. The van der Waals surface area contributed by atoms with Crippen molar-refractivity contribution in [3.63, 3.8) is 0 Å². The highest BCUT2D eigenvalue weighted by Crippen LogP contribution is 2.27. The van der Waals surface area contributed by atoms with E-state index in [1.165, 1.54) is 0 Å². The Bertz CT molecular complexity index is 643. The first-order chi connectivity index (χ1) is 7.75. The van der Waals surface area contributed by atoms with Gasteiger partial charge >= 0.3 is 0 Å². The summed E-state index contributed by atoms with van der Waals surface area (Å²) in [6, 6.07) is 7.03. The van der Waals surface area contributed by atoms with Gasteiger partial charge in [-0.25, -0.2) is 4.98 Å².